The topological polar surface area (TPSA) is 26.0 Å². The molecule has 4 heteroatoms. The van der Waals surface area contributed by atoms with Gasteiger partial charge < -0.3 is 5.73 Å². The maximum Gasteiger partial charge on any atom is 0.177 e. The van der Waals surface area contributed by atoms with E-state index < -0.39 is 11.6 Å². The number of halogens is 3. The maximum absolute atomic E-state index is 12.9. The van der Waals surface area contributed by atoms with Gasteiger partial charge in [0.05, 0.1) is 5.02 Å². The Morgan fingerprint density at radius 2 is 2.00 bits per heavy atom. The number of hydrogen-bond acceptors (Lipinski definition) is 1. The average molecular weight is 218 g/mol. The Kier molecular flexibility index (Phi) is 2.24. The third-order valence-corrected chi connectivity index (χ3v) is 2.77. The van der Waals surface area contributed by atoms with Crippen molar-refractivity contribution in [3.63, 3.8) is 0 Å². The predicted molar refractivity (Wildman–Crippen MR) is 51.2 cm³/mol. The summed E-state index contributed by atoms with van der Waals surface area (Å²) in [7, 11) is 0. The van der Waals surface area contributed by atoms with E-state index in [4.69, 9.17) is 17.3 Å². The standard InChI is InChI=1S/C10H10ClF2N/c11-7-3-6(4-8(12)9(7)13)5-10(14)1-2-10/h3-4H,1-2,5,14H2. The molecule has 76 valence electrons. The molecule has 1 fully saturated rings. The molecule has 1 aromatic rings. The first-order valence-electron chi connectivity index (χ1n) is 4.42. The zero-order chi connectivity index (χ0) is 10.3. The minimum atomic E-state index is -0.989. The lowest BCUT2D eigenvalue weighted by atomic mass is 10.0. The van der Waals surface area contributed by atoms with E-state index in [1.807, 2.05) is 0 Å². The number of nitrogens with two attached hydrogens (primary N) is 1. The number of benzene rings is 1. The molecular weight excluding hydrogens is 208 g/mol. The Morgan fingerprint density at radius 3 is 2.50 bits per heavy atom. The molecule has 1 aromatic carbocycles. The van der Waals surface area contributed by atoms with E-state index in [0.29, 0.717) is 12.0 Å². The van der Waals surface area contributed by atoms with E-state index in [2.05, 4.69) is 0 Å². The molecule has 0 amide bonds. The maximum atomic E-state index is 12.9. The van der Waals surface area contributed by atoms with Crippen LogP contribution in [0.3, 0.4) is 0 Å². The molecule has 0 aromatic heterocycles. The Balaban J connectivity index is 2.26. The van der Waals surface area contributed by atoms with Crippen LogP contribution in [0.1, 0.15) is 18.4 Å². The Hall–Kier alpha value is -0.670. The van der Waals surface area contributed by atoms with Crippen molar-refractivity contribution in [2.75, 3.05) is 0 Å². The van der Waals surface area contributed by atoms with Crippen molar-refractivity contribution in [2.45, 2.75) is 24.8 Å². The summed E-state index contributed by atoms with van der Waals surface area (Å²) in [5.41, 5.74) is 6.30. The van der Waals surface area contributed by atoms with Gasteiger partial charge in [0.1, 0.15) is 0 Å². The van der Waals surface area contributed by atoms with Gasteiger partial charge in [0.15, 0.2) is 11.6 Å². The Labute approximate surface area is 85.9 Å². The van der Waals surface area contributed by atoms with Gasteiger partial charge in [0.25, 0.3) is 0 Å². The van der Waals surface area contributed by atoms with E-state index in [-0.39, 0.29) is 10.6 Å². The van der Waals surface area contributed by atoms with Crippen molar-refractivity contribution in [3.8, 4) is 0 Å². The molecule has 1 aliphatic rings. The molecule has 0 atom stereocenters. The summed E-state index contributed by atoms with van der Waals surface area (Å²) < 4.78 is 25.8. The van der Waals surface area contributed by atoms with Gasteiger partial charge in [-0.2, -0.15) is 0 Å². The smallest absolute Gasteiger partial charge is 0.177 e. The highest BCUT2D eigenvalue weighted by molar-refractivity contribution is 6.30. The van der Waals surface area contributed by atoms with Gasteiger partial charge in [-0.3, -0.25) is 0 Å². The van der Waals surface area contributed by atoms with Crippen LogP contribution in [0, 0.1) is 11.6 Å². The van der Waals surface area contributed by atoms with Crippen molar-refractivity contribution in [2.24, 2.45) is 5.73 Å². The lowest BCUT2D eigenvalue weighted by molar-refractivity contribution is 0.506. The number of hydrogen-bond donors (Lipinski definition) is 1. The third kappa shape index (κ3) is 1.88. The fourth-order valence-electron chi connectivity index (χ4n) is 1.45. The lowest BCUT2D eigenvalue weighted by Gasteiger charge is -2.09. The average Bonchev–Trinajstić information content (AvgIpc) is 2.79. The molecule has 0 unspecified atom stereocenters. The van der Waals surface area contributed by atoms with Crippen LogP contribution in [0.4, 0.5) is 8.78 Å². The van der Waals surface area contributed by atoms with E-state index in [1.165, 1.54) is 6.07 Å². The second-order valence-corrected chi connectivity index (χ2v) is 4.32. The minimum Gasteiger partial charge on any atom is -0.325 e. The van der Waals surface area contributed by atoms with Crippen LogP contribution in [-0.4, -0.2) is 5.54 Å². The van der Waals surface area contributed by atoms with E-state index in [0.717, 1.165) is 18.9 Å². The van der Waals surface area contributed by atoms with E-state index in [9.17, 15) is 8.78 Å². The second-order valence-electron chi connectivity index (χ2n) is 3.91. The highest BCUT2D eigenvalue weighted by Crippen LogP contribution is 2.36. The summed E-state index contributed by atoms with van der Waals surface area (Å²) in [6.07, 6.45) is 2.43. The first-order chi connectivity index (χ1) is 6.50. The summed E-state index contributed by atoms with van der Waals surface area (Å²) >= 11 is 5.51. The third-order valence-electron chi connectivity index (χ3n) is 2.49. The summed E-state index contributed by atoms with van der Waals surface area (Å²) in [4.78, 5) is 0. The van der Waals surface area contributed by atoms with Gasteiger partial charge in [0, 0.05) is 5.54 Å². The van der Waals surface area contributed by atoms with Crippen LogP contribution < -0.4 is 5.73 Å². The first-order valence-corrected chi connectivity index (χ1v) is 4.80. The van der Waals surface area contributed by atoms with Gasteiger partial charge in [-0.05, 0) is 37.0 Å². The van der Waals surface area contributed by atoms with E-state index in [1.54, 1.807) is 0 Å². The number of rotatable bonds is 2. The quantitative estimate of drug-likeness (QED) is 0.758. The van der Waals surface area contributed by atoms with Crippen molar-refractivity contribution >= 4 is 11.6 Å². The van der Waals surface area contributed by atoms with Gasteiger partial charge in [-0.1, -0.05) is 11.6 Å². The molecule has 1 nitrogen and oxygen atoms in total. The fraction of sp³-hybridized carbons (Fsp3) is 0.400. The first kappa shape index (κ1) is 9.87. The molecule has 0 heterocycles. The second kappa shape index (κ2) is 3.17. The van der Waals surface area contributed by atoms with Gasteiger partial charge >= 0.3 is 0 Å². The van der Waals surface area contributed by atoms with E-state index >= 15 is 0 Å². The van der Waals surface area contributed by atoms with Crippen LogP contribution in [0.5, 0.6) is 0 Å². The van der Waals surface area contributed by atoms with Crippen LogP contribution in [0.2, 0.25) is 5.02 Å². The summed E-state index contributed by atoms with van der Waals surface area (Å²) in [6, 6.07) is 2.60. The minimum absolute atomic E-state index is 0.177. The Morgan fingerprint density at radius 1 is 1.36 bits per heavy atom. The highest BCUT2D eigenvalue weighted by Gasteiger charge is 2.38. The van der Waals surface area contributed by atoms with Crippen molar-refractivity contribution in [1.29, 1.82) is 0 Å². The summed E-state index contributed by atoms with van der Waals surface area (Å²) in [5, 5.41) is -0.177. The Bertz CT molecular complexity index is 351. The normalized spacial score (nSPS) is 18.3. The summed E-state index contributed by atoms with van der Waals surface area (Å²) in [5.74, 6) is -1.89. The van der Waals surface area contributed by atoms with Gasteiger partial charge in [-0.15, -0.1) is 0 Å². The van der Waals surface area contributed by atoms with Crippen LogP contribution in [0.15, 0.2) is 12.1 Å². The zero-order valence-corrected chi connectivity index (χ0v) is 8.24. The van der Waals surface area contributed by atoms with Crippen molar-refractivity contribution in [1.82, 2.24) is 0 Å². The predicted octanol–water partition coefficient (Wildman–Crippen LogP) is 2.65. The monoisotopic (exact) mass is 217 g/mol. The molecule has 0 saturated heterocycles. The van der Waals surface area contributed by atoms with Crippen molar-refractivity contribution in [3.05, 3.63) is 34.4 Å². The molecule has 0 spiro atoms. The lowest BCUT2D eigenvalue weighted by Crippen LogP contribution is -2.24. The molecule has 1 aliphatic carbocycles. The SMILES string of the molecule is NC1(Cc2cc(F)c(F)c(Cl)c2)CC1. The molecule has 14 heavy (non-hydrogen) atoms. The fourth-order valence-corrected chi connectivity index (χ4v) is 1.68. The largest absolute Gasteiger partial charge is 0.325 e. The van der Waals surface area contributed by atoms with Crippen LogP contribution in [-0.2, 0) is 6.42 Å². The molecule has 2 N–H and O–H groups in total. The molecule has 2 rings (SSSR count). The molecule has 0 radical (unpaired) electrons. The van der Waals surface area contributed by atoms with Gasteiger partial charge in [-0.25, -0.2) is 8.78 Å². The van der Waals surface area contributed by atoms with Crippen LogP contribution >= 0.6 is 11.6 Å². The molecule has 1 saturated carbocycles. The summed E-state index contributed by atoms with van der Waals surface area (Å²) in [6.45, 7) is 0. The van der Waals surface area contributed by atoms with Crippen LogP contribution in [0.25, 0.3) is 0 Å². The zero-order valence-electron chi connectivity index (χ0n) is 7.49. The van der Waals surface area contributed by atoms with Gasteiger partial charge in [0.2, 0.25) is 0 Å². The highest BCUT2D eigenvalue weighted by atomic mass is 35.5. The molecule has 0 bridgehead atoms. The van der Waals surface area contributed by atoms with Crippen molar-refractivity contribution < 1.29 is 8.78 Å². The molecular formula is C10H10ClF2N. The molecule has 0 aliphatic heterocycles.